The van der Waals surface area contributed by atoms with Crippen LogP contribution >= 0.6 is 0 Å². The molecule has 9 rings (SSSR count). The molecule has 2 aliphatic rings. The van der Waals surface area contributed by atoms with Crippen molar-refractivity contribution in [1.82, 2.24) is 0 Å². The highest BCUT2D eigenvalue weighted by Gasteiger charge is 2.69. The van der Waals surface area contributed by atoms with E-state index in [-0.39, 0.29) is 6.10 Å². The Morgan fingerprint density at radius 2 is 0.689 bits per heavy atom. The molecule has 2 saturated heterocycles. The van der Waals surface area contributed by atoms with Crippen LogP contribution in [-0.2, 0) is 45.1 Å². The Kier molecular flexibility index (Phi) is 11.8. The standard InChI is InChI=1S/C26H20O2.C21H18O2.C6H12O2.2Al/c27-25(21-13-5-1-6-14-21,22-15-7-2-8-16-22)26(28,23-17-9-3-10-18-23)24-19-11-4-12-20-24;1-20(22,17-11-5-2-6-12-17)21(23,18-13-7-3-8-14-18)19-15-9-4-10-16-19;1-5(7)4-6(2,3)8;;/h1-20H;2-16H,1H3;5H,4H2,1-3H3;;/q3*-2;2*+3. The van der Waals surface area contributed by atoms with E-state index in [0.717, 1.165) is 38.9 Å². The van der Waals surface area contributed by atoms with Crippen molar-refractivity contribution in [3.63, 3.8) is 0 Å². The first kappa shape index (κ1) is 41.7. The van der Waals surface area contributed by atoms with Gasteiger partial charge in [0.2, 0.25) is 0 Å². The van der Waals surface area contributed by atoms with Gasteiger partial charge in [0.1, 0.15) is 16.8 Å². The van der Waals surface area contributed by atoms with E-state index in [1.165, 1.54) is 0 Å². The lowest BCUT2D eigenvalue weighted by atomic mass is 9.66. The second-order valence-corrected chi connectivity index (χ2v) is 19.3. The Bertz CT molecular complexity index is 2270. The van der Waals surface area contributed by atoms with Crippen LogP contribution in [0.1, 0.15) is 73.1 Å². The maximum atomic E-state index is 7.48. The molecule has 0 bridgehead atoms. The fourth-order valence-electron chi connectivity index (χ4n) is 9.71. The molecule has 0 spiro atoms. The first-order chi connectivity index (χ1) is 29.7. The van der Waals surface area contributed by atoms with Crippen LogP contribution in [0.4, 0.5) is 0 Å². The Morgan fingerprint density at radius 3 is 1.02 bits per heavy atom. The first-order valence-corrected chi connectivity index (χ1v) is 24.0. The summed E-state index contributed by atoms with van der Waals surface area (Å²) >= 11 is -5.84. The second kappa shape index (κ2) is 17.3. The second-order valence-electron chi connectivity index (χ2n) is 16.7. The van der Waals surface area contributed by atoms with E-state index in [2.05, 4.69) is 198 Å². The van der Waals surface area contributed by atoms with E-state index >= 15 is 0 Å². The molecule has 2 heterocycles. The van der Waals surface area contributed by atoms with Crippen molar-refractivity contribution in [1.29, 1.82) is 0 Å². The molecule has 2 fully saturated rings. The predicted octanol–water partition coefficient (Wildman–Crippen LogP) is 11.4. The molecule has 2 unspecified atom stereocenters. The first-order valence-electron chi connectivity index (χ1n) is 21.1. The lowest BCUT2D eigenvalue weighted by molar-refractivity contribution is -0.0154. The molecular formula is C53H50Al2O6. The van der Waals surface area contributed by atoms with E-state index in [4.69, 9.17) is 22.7 Å². The smallest absolute Gasteiger partial charge is 0.452 e. The average molecular weight is 837 g/mol. The maximum Gasteiger partial charge on any atom is 0.907 e. The van der Waals surface area contributed by atoms with Crippen molar-refractivity contribution in [2.24, 2.45) is 0 Å². The molecule has 304 valence electrons. The lowest BCUT2D eigenvalue weighted by Gasteiger charge is -2.47. The summed E-state index contributed by atoms with van der Waals surface area (Å²) in [6, 6.07) is 72.8. The van der Waals surface area contributed by atoms with Gasteiger partial charge in [-0.3, -0.25) is 0 Å². The van der Waals surface area contributed by atoms with E-state index < -0.39 is 58.3 Å². The van der Waals surface area contributed by atoms with Crippen LogP contribution in [0.3, 0.4) is 0 Å². The van der Waals surface area contributed by atoms with Gasteiger partial charge in [0.05, 0.1) is 5.60 Å². The number of benzene rings is 7. The number of hydrogen-bond donors (Lipinski definition) is 0. The predicted molar refractivity (Wildman–Crippen MR) is 241 cm³/mol. The summed E-state index contributed by atoms with van der Waals surface area (Å²) in [4.78, 5) is 0. The minimum absolute atomic E-state index is 0.317. The summed E-state index contributed by atoms with van der Waals surface area (Å²) in [5, 5.41) is 0. The quantitative estimate of drug-likeness (QED) is 0.108. The van der Waals surface area contributed by atoms with Gasteiger partial charge in [0, 0.05) is 11.7 Å². The summed E-state index contributed by atoms with van der Waals surface area (Å²) in [6.45, 7) is 8.39. The summed E-state index contributed by atoms with van der Waals surface area (Å²) in [5.74, 6) is 0. The molecule has 0 N–H and O–H groups in total. The van der Waals surface area contributed by atoms with Crippen molar-refractivity contribution in [2.75, 3.05) is 0 Å². The van der Waals surface area contributed by atoms with E-state index in [1.54, 1.807) is 0 Å². The van der Waals surface area contributed by atoms with Crippen molar-refractivity contribution >= 4 is 30.3 Å². The van der Waals surface area contributed by atoms with Gasteiger partial charge in [-0.15, -0.1) is 0 Å². The Balaban J connectivity index is 1.05. The highest BCUT2D eigenvalue weighted by Crippen LogP contribution is 2.59. The molecule has 2 atom stereocenters. The van der Waals surface area contributed by atoms with E-state index in [0.29, 0.717) is 6.42 Å². The highest BCUT2D eigenvalue weighted by atomic mass is 27.3. The summed E-state index contributed by atoms with van der Waals surface area (Å²) in [7, 11) is 0. The molecule has 61 heavy (non-hydrogen) atoms. The minimum Gasteiger partial charge on any atom is -0.452 e. The zero-order valence-electron chi connectivity index (χ0n) is 35.1. The third-order valence-corrected chi connectivity index (χ3v) is 16.1. The third-order valence-electron chi connectivity index (χ3n) is 12.3. The van der Waals surface area contributed by atoms with Crippen molar-refractivity contribution in [3.8, 4) is 0 Å². The van der Waals surface area contributed by atoms with Crippen LogP contribution in [0.15, 0.2) is 212 Å². The molecule has 0 aromatic heterocycles. The largest absolute Gasteiger partial charge is 0.907 e. The monoisotopic (exact) mass is 836 g/mol. The van der Waals surface area contributed by atoms with E-state index in [9.17, 15) is 0 Å². The zero-order valence-corrected chi connectivity index (χ0v) is 37.4. The molecule has 7 aromatic carbocycles. The van der Waals surface area contributed by atoms with Crippen LogP contribution in [-0.4, -0.2) is 42.0 Å². The van der Waals surface area contributed by atoms with Crippen molar-refractivity contribution < 1.29 is 22.7 Å². The molecular weight excluding hydrogens is 787 g/mol. The molecule has 6 nitrogen and oxygen atoms in total. The molecule has 2 aliphatic heterocycles. The van der Waals surface area contributed by atoms with Gasteiger partial charge in [-0.05, 0) is 73.1 Å². The fourth-order valence-corrected chi connectivity index (χ4v) is 14.0. The van der Waals surface area contributed by atoms with Gasteiger partial charge in [0.15, 0.2) is 0 Å². The maximum absolute atomic E-state index is 7.48. The topological polar surface area (TPSA) is 55.4 Å². The average Bonchev–Trinajstić information content (AvgIpc) is 3.81. The Morgan fingerprint density at radius 1 is 0.410 bits per heavy atom. The van der Waals surface area contributed by atoms with Crippen LogP contribution in [0.25, 0.3) is 0 Å². The van der Waals surface area contributed by atoms with E-state index in [1.807, 2.05) is 42.5 Å². The molecule has 8 heteroatoms. The van der Waals surface area contributed by atoms with Gasteiger partial charge < -0.3 is 22.7 Å². The lowest BCUT2D eigenvalue weighted by Crippen LogP contribution is -2.48. The highest BCUT2D eigenvalue weighted by molar-refractivity contribution is 6.38. The normalized spacial score (nSPS) is 19.7. The van der Waals surface area contributed by atoms with Gasteiger partial charge in [0.25, 0.3) is 0 Å². The summed E-state index contributed by atoms with van der Waals surface area (Å²) < 4.78 is 43.5. The van der Waals surface area contributed by atoms with Crippen molar-refractivity contribution in [3.05, 3.63) is 251 Å². The third kappa shape index (κ3) is 7.46. The van der Waals surface area contributed by atoms with Gasteiger partial charge >= 0.3 is 30.3 Å². The fraction of sp³-hybridized carbons (Fsp3) is 0.208. The van der Waals surface area contributed by atoms with Crippen LogP contribution < -0.4 is 0 Å². The van der Waals surface area contributed by atoms with Crippen molar-refractivity contribution in [2.45, 2.75) is 68.2 Å². The van der Waals surface area contributed by atoms with Crippen LogP contribution in [0.5, 0.6) is 0 Å². The minimum atomic E-state index is -2.97. The number of hydrogen-bond acceptors (Lipinski definition) is 6. The SMILES string of the molecule is CC(CC(C)(C)[O][Al]1[O]C(C)(c2ccccc2)C(c2ccccc2)(c2ccccc2)[O]1)[O][Al]1[O]C(c2ccccc2)(c2ccccc2)C(c2ccccc2)(c2ccccc2)[O]1. The summed E-state index contributed by atoms with van der Waals surface area (Å²) in [5.41, 5.74) is 2.18. The number of rotatable bonds is 13. The van der Waals surface area contributed by atoms with Crippen LogP contribution in [0.2, 0.25) is 0 Å². The molecule has 0 amide bonds. The van der Waals surface area contributed by atoms with Gasteiger partial charge in [-0.1, -0.05) is 212 Å². The van der Waals surface area contributed by atoms with Gasteiger partial charge in [-0.25, -0.2) is 0 Å². The molecule has 0 aliphatic carbocycles. The van der Waals surface area contributed by atoms with Gasteiger partial charge in [-0.2, -0.15) is 0 Å². The molecule has 0 radical (unpaired) electrons. The zero-order chi connectivity index (χ0) is 42.0. The molecule has 0 saturated carbocycles. The van der Waals surface area contributed by atoms with Crippen LogP contribution in [0, 0.1) is 0 Å². The Hall–Kier alpha value is -4.64. The molecule has 7 aromatic rings. The Labute approximate surface area is 370 Å². The summed E-state index contributed by atoms with van der Waals surface area (Å²) in [6.07, 6.45) is 0.209.